The normalized spacial score (nSPS) is 60.9. The summed E-state index contributed by atoms with van der Waals surface area (Å²) < 4.78 is 0. The Morgan fingerprint density at radius 2 is 1.41 bits per heavy atom. The number of halogens is 2. The molecule has 3 saturated carbocycles. The van der Waals surface area contributed by atoms with Gasteiger partial charge < -0.3 is 25.5 Å². The van der Waals surface area contributed by atoms with Crippen molar-refractivity contribution in [3.8, 4) is 0 Å². The van der Waals surface area contributed by atoms with Crippen molar-refractivity contribution >= 4 is 31.9 Å². The topological polar surface area (TPSA) is 101 Å². The predicted octanol–water partition coefficient (Wildman–Crippen LogP) is 2.48. The number of rotatable bonds is 1. The molecule has 0 aromatic heterocycles. The van der Waals surface area contributed by atoms with Gasteiger partial charge in [0.1, 0.15) is 11.2 Å². The number of aliphatic hydroxyl groups excluding tert-OH is 2. The monoisotopic (exact) mass is 512 g/mol. The van der Waals surface area contributed by atoms with Crippen molar-refractivity contribution in [1.82, 2.24) is 0 Å². The minimum atomic E-state index is -1.75. The molecule has 0 amide bonds. The Morgan fingerprint density at radius 1 is 0.852 bits per heavy atom. The average molecular weight is 514 g/mol. The molecule has 0 spiro atoms. The summed E-state index contributed by atoms with van der Waals surface area (Å²) in [7, 11) is 0. The van der Waals surface area contributed by atoms with Crippen LogP contribution in [0.4, 0.5) is 0 Å². The second-order valence-electron chi connectivity index (χ2n) is 10.5. The Kier molecular flexibility index (Phi) is 5.11. The molecule has 0 aromatic rings. The van der Waals surface area contributed by atoms with Gasteiger partial charge in [0, 0.05) is 26.9 Å². The summed E-state index contributed by atoms with van der Waals surface area (Å²) in [4.78, 5) is -0.132. The van der Waals surface area contributed by atoms with Crippen LogP contribution >= 0.6 is 31.9 Å². The summed E-state index contributed by atoms with van der Waals surface area (Å²) >= 11 is 7.30. The molecule has 0 unspecified atom stereocenters. The predicted molar refractivity (Wildman–Crippen MR) is 111 cm³/mol. The van der Waals surface area contributed by atoms with Gasteiger partial charge in [-0.15, -0.1) is 0 Å². The molecule has 3 aliphatic rings. The van der Waals surface area contributed by atoms with Crippen LogP contribution in [0.1, 0.15) is 66.7 Å². The van der Waals surface area contributed by atoms with Crippen LogP contribution in [0.2, 0.25) is 0 Å². The highest BCUT2D eigenvalue weighted by Gasteiger charge is 2.76. The van der Waals surface area contributed by atoms with Crippen molar-refractivity contribution in [2.75, 3.05) is 0 Å². The Balaban J connectivity index is 2.16. The lowest BCUT2D eigenvalue weighted by Gasteiger charge is -2.68. The summed E-state index contributed by atoms with van der Waals surface area (Å²) in [6, 6.07) is 0. The van der Waals surface area contributed by atoms with Crippen LogP contribution < -0.4 is 0 Å². The van der Waals surface area contributed by atoms with Gasteiger partial charge in [-0.3, -0.25) is 0 Å². The Bertz CT molecular complexity index is 627. The summed E-state index contributed by atoms with van der Waals surface area (Å²) in [6.07, 6.45) is -0.519. The largest absolute Gasteiger partial charge is 0.392 e. The quantitative estimate of drug-likeness (QED) is 0.347. The first-order chi connectivity index (χ1) is 12.0. The molecule has 158 valence electrons. The molecule has 27 heavy (non-hydrogen) atoms. The summed E-state index contributed by atoms with van der Waals surface area (Å²) in [5.41, 5.74) is -7.18. The van der Waals surface area contributed by atoms with E-state index in [4.69, 9.17) is 0 Å². The van der Waals surface area contributed by atoms with E-state index in [2.05, 4.69) is 31.9 Å². The molecule has 5 N–H and O–H groups in total. The molecule has 5 nitrogen and oxygen atoms in total. The van der Waals surface area contributed by atoms with Crippen molar-refractivity contribution < 1.29 is 25.5 Å². The number of aliphatic hydroxyl groups is 5. The first-order valence-corrected chi connectivity index (χ1v) is 11.7. The lowest BCUT2D eigenvalue weighted by molar-refractivity contribution is -0.324. The standard InChI is InChI=1S/C20H34Br2O5/c1-15(2)12(22)8-13(23)18(15,5)19(26)10-20(27)16(3,9-14(19)24)11(21)6-7-17(20,4)25/h11-14,23-27H,6-10H2,1-5H3/t11-,12+,13-,14+,16+,17+,18-,19-,20+/m0/s1. The maximum atomic E-state index is 11.9. The van der Waals surface area contributed by atoms with Crippen molar-refractivity contribution in [2.45, 2.75) is 105 Å². The zero-order valence-electron chi connectivity index (χ0n) is 16.8. The zero-order chi connectivity index (χ0) is 20.8. The first kappa shape index (κ1) is 22.4. The van der Waals surface area contributed by atoms with E-state index in [0.717, 1.165) is 0 Å². The van der Waals surface area contributed by atoms with Crippen molar-refractivity contribution in [3.05, 3.63) is 0 Å². The number of fused-ring (bicyclic) bond motifs is 1. The molecule has 9 atom stereocenters. The Morgan fingerprint density at radius 3 is 1.89 bits per heavy atom. The van der Waals surface area contributed by atoms with Crippen LogP contribution in [-0.2, 0) is 0 Å². The van der Waals surface area contributed by atoms with E-state index >= 15 is 0 Å². The van der Waals surface area contributed by atoms with Crippen LogP contribution in [-0.4, -0.2) is 64.2 Å². The van der Waals surface area contributed by atoms with Gasteiger partial charge >= 0.3 is 0 Å². The SMILES string of the molecule is CC1(C)[C@H](Br)C[C@H](O)[C@]1(C)[C@]1(O)C[C@]2(O)[C@](C)(O)CC[C@H](Br)[C@@]2(C)C[C@H]1O. The van der Waals surface area contributed by atoms with Crippen LogP contribution in [0.3, 0.4) is 0 Å². The molecule has 0 radical (unpaired) electrons. The van der Waals surface area contributed by atoms with E-state index in [1.165, 1.54) is 0 Å². The lowest BCUT2D eigenvalue weighted by atomic mass is 9.43. The number of alkyl halides is 2. The maximum Gasteiger partial charge on any atom is 0.102 e. The van der Waals surface area contributed by atoms with Crippen molar-refractivity contribution in [3.63, 3.8) is 0 Å². The molecule has 0 saturated heterocycles. The van der Waals surface area contributed by atoms with Crippen LogP contribution in [0.15, 0.2) is 0 Å². The van der Waals surface area contributed by atoms with Gasteiger partial charge in [0.2, 0.25) is 0 Å². The van der Waals surface area contributed by atoms with E-state index in [1.807, 2.05) is 20.8 Å². The highest BCUT2D eigenvalue weighted by atomic mass is 79.9. The third-order valence-corrected chi connectivity index (χ3v) is 12.2. The fourth-order valence-electron chi connectivity index (χ4n) is 6.43. The van der Waals surface area contributed by atoms with Gasteiger partial charge in [-0.25, -0.2) is 0 Å². The van der Waals surface area contributed by atoms with E-state index in [1.54, 1.807) is 13.8 Å². The van der Waals surface area contributed by atoms with E-state index in [9.17, 15) is 25.5 Å². The first-order valence-electron chi connectivity index (χ1n) is 9.83. The smallest absolute Gasteiger partial charge is 0.102 e. The molecule has 3 fully saturated rings. The molecular formula is C20H34Br2O5. The van der Waals surface area contributed by atoms with Crippen molar-refractivity contribution in [2.24, 2.45) is 16.2 Å². The molecule has 0 aromatic carbocycles. The Labute approximate surface area is 178 Å². The summed E-state index contributed by atoms with van der Waals surface area (Å²) in [6.45, 7) is 9.23. The summed E-state index contributed by atoms with van der Waals surface area (Å²) in [5.74, 6) is 0. The number of hydrogen-bond acceptors (Lipinski definition) is 5. The molecule has 3 rings (SSSR count). The highest BCUT2D eigenvalue weighted by molar-refractivity contribution is 9.09. The molecule has 3 aliphatic carbocycles. The second kappa shape index (κ2) is 6.14. The third kappa shape index (κ3) is 2.45. The minimum Gasteiger partial charge on any atom is -0.392 e. The van der Waals surface area contributed by atoms with Gasteiger partial charge in [0.25, 0.3) is 0 Å². The Hall–Kier alpha value is 0.760. The van der Waals surface area contributed by atoms with E-state index in [-0.39, 0.29) is 22.5 Å². The minimum absolute atomic E-state index is 0.0417. The molecule has 0 aliphatic heterocycles. The van der Waals surface area contributed by atoms with Gasteiger partial charge in [0.15, 0.2) is 0 Å². The fraction of sp³-hybridized carbons (Fsp3) is 1.00. The van der Waals surface area contributed by atoms with E-state index in [0.29, 0.717) is 19.3 Å². The van der Waals surface area contributed by atoms with Crippen molar-refractivity contribution in [1.29, 1.82) is 0 Å². The molecular weight excluding hydrogens is 480 g/mol. The fourth-order valence-corrected chi connectivity index (χ4v) is 8.06. The van der Waals surface area contributed by atoms with Gasteiger partial charge in [0.05, 0.1) is 17.8 Å². The van der Waals surface area contributed by atoms with Gasteiger partial charge in [-0.2, -0.15) is 0 Å². The molecule has 0 heterocycles. The number of hydrogen-bond donors (Lipinski definition) is 5. The lowest BCUT2D eigenvalue weighted by Crippen LogP contribution is -2.78. The maximum absolute atomic E-state index is 11.9. The molecule has 0 bridgehead atoms. The van der Waals surface area contributed by atoms with Gasteiger partial charge in [-0.05, 0) is 38.0 Å². The zero-order valence-corrected chi connectivity index (χ0v) is 20.0. The van der Waals surface area contributed by atoms with Crippen LogP contribution in [0, 0.1) is 16.2 Å². The second-order valence-corrected chi connectivity index (χ2v) is 12.7. The molecule has 7 heteroatoms. The van der Waals surface area contributed by atoms with Crippen LogP contribution in [0.25, 0.3) is 0 Å². The highest BCUT2D eigenvalue weighted by Crippen LogP contribution is 2.68. The average Bonchev–Trinajstić information content (AvgIpc) is 2.70. The van der Waals surface area contributed by atoms with Crippen LogP contribution in [0.5, 0.6) is 0 Å². The van der Waals surface area contributed by atoms with Gasteiger partial charge in [-0.1, -0.05) is 59.6 Å². The van der Waals surface area contributed by atoms with E-state index < -0.39 is 45.3 Å². The summed E-state index contributed by atoms with van der Waals surface area (Å²) in [5, 5.41) is 57.1. The third-order valence-electron chi connectivity index (χ3n) is 9.22.